The number of halogens is 2. The van der Waals surface area contributed by atoms with Crippen LogP contribution in [-0.2, 0) is 4.74 Å². The van der Waals surface area contributed by atoms with E-state index in [1.54, 1.807) is 6.20 Å². The third-order valence-corrected chi connectivity index (χ3v) is 3.98. The number of aromatic nitrogens is 1. The maximum absolute atomic E-state index is 13.9. The first-order valence-corrected chi connectivity index (χ1v) is 6.74. The summed E-state index contributed by atoms with van der Waals surface area (Å²) in [5, 5.41) is 0. The summed E-state index contributed by atoms with van der Waals surface area (Å²) in [4.78, 5) is 6.28. The Morgan fingerprint density at radius 1 is 1.47 bits per heavy atom. The number of nitrogens with zero attached hydrogens (tertiary/aromatic N) is 2. The number of fused-ring (bicyclic) bond motifs is 1. The van der Waals surface area contributed by atoms with Crippen LogP contribution in [0.15, 0.2) is 16.7 Å². The van der Waals surface area contributed by atoms with Crippen LogP contribution in [0.25, 0.3) is 0 Å². The second kappa shape index (κ2) is 4.53. The van der Waals surface area contributed by atoms with E-state index in [2.05, 4.69) is 25.8 Å². The van der Waals surface area contributed by atoms with Crippen LogP contribution < -0.4 is 4.90 Å². The van der Waals surface area contributed by atoms with E-state index in [-0.39, 0.29) is 11.9 Å². The molecule has 3 nitrogen and oxygen atoms in total. The maximum atomic E-state index is 13.9. The fourth-order valence-corrected chi connectivity index (χ4v) is 3.11. The van der Waals surface area contributed by atoms with Gasteiger partial charge in [-0.05, 0) is 41.3 Å². The van der Waals surface area contributed by atoms with Crippen molar-refractivity contribution in [2.24, 2.45) is 0 Å². The molecule has 0 spiro atoms. The summed E-state index contributed by atoms with van der Waals surface area (Å²) in [5.41, 5.74) is 0. The van der Waals surface area contributed by atoms with Crippen LogP contribution in [0, 0.1) is 5.82 Å². The first-order valence-electron chi connectivity index (χ1n) is 5.95. The van der Waals surface area contributed by atoms with E-state index in [9.17, 15) is 4.39 Å². The molecule has 1 aromatic heterocycles. The summed E-state index contributed by atoms with van der Waals surface area (Å²) in [7, 11) is 0. The minimum Gasteiger partial charge on any atom is -0.374 e. The molecule has 0 amide bonds. The first kappa shape index (κ1) is 11.4. The van der Waals surface area contributed by atoms with Gasteiger partial charge in [-0.15, -0.1) is 0 Å². The van der Waals surface area contributed by atoms with Gasteiger partial charge in [-0.3, -0.25) is 0 Å². The van der Waals surface area contributed by atoms with Crippen molar-refractivity contribution in [3.63, 3.8) is 0 Å². The predicted octanol–water partition coefficient (Wildman–Crippen LogP) is 2.74. The first-order chi connectivity index (χ1) is 8.25. The van der Waals surface area contributed by atoms with E-state index >= 15 is 0 Å². The van der Waals surface area contributed by atoms with Gasteiger partial charge < -0.3 is 9.64 Å². The summed E-state index contributed by atoms with van der Waals surface area (Å²) in [6.45, 7) is 1.39. The average Bonchev–Trinajstić information content (AvgIpc) is 2.77. The van der Waals surface area contributed by atoms with Gasteiger partial charge >= 0.3 is 0 Å². The molecule has 0 radical (unpaired) electrons. The summed E-state index contributed by atoms with van der Waals surface area (Å²) < 4.78 is 20.3. The van der Waals surface area contributed by atoms with Crippen LogP contribution in [0.1, 0.15) is 19.3 Å². The van der Waals surface area contributed by atoms with Crippen LogP contribution in [-0.4, -0.2) is 30.3 Å². The van der Waals surface area contributed by atoms with E-state index < -0.39 is 0 Å². The molecular formula is C12H14BrFN2O. The normalized spacial score (nSPS) is 28.2. The third-order valence-electron chi connectivity index (χ3n) is 3.54. The zero-order valence-corrected chi connectivity index (χ0v) is 11.0. The van der Waals surface area contributed by atoms with Gasteiger partial charge in [0.05, 0.1) is 18.8 Å². The van der Waals surface area contributed by atoms with Crippen LogP contribution in [0.5, 0.6) is 0 Å². The highest BCUT2D eigenvalue weighted by atomic mass is 79.9. The fourth-order valence-electron chi connectivity index (χ4n) is 2.81. The monoisotopic (exact) mass is 300 g/mol. The van der Waals surface area contributed by atoms with Gasteiger partial charge in [0.15, 0.2) is 11.6 Å². The third kappa shape index (κ3) is 2.06. The van der Waals surface area contributed by atoms with Crippen molar-refractivity contribution in [3.05, 3.63) is 22.6 Å². The quantitative estimate of drug-likeness (QED) is 0.797. The topological polar surface area (TPSA) is 25.4 Å². The minimum absolute atomic E-state index is 0.257. The van der Waals surface area contributed by atoms with Gasteiger partial charge in [-0.2, -0.15) is 0 Å². The van der Waals surface area contributed by atoms with Crippen molar-refractivity contribution in [2.45, 2.75) is 31.4 Å². The number of morpholine rings is 1. The molecule has 1 saturated carbocycles. The lowest BCUT2D eigenvalue weighted by molar-refractivity contribution is 0.0250. The number of hydrogen-bond acceptors (Lipinski definition) is 3. The minimum atomic E-state index is -0.257. The van der Waals surface area contributed by atoms with Crippen molar-refractivity contribution in [1.82, 2.24) is 4.98 Å². The largest absolute Gasteiger partial charge is 0.374 e. The Balaban J connectivity index is 1.91. The molecule has 0 aromatic carbocycles. The highest BCUT2D eigenvalue weighted by molar-refractivity contribution is 9.10. The van der Waals surface area contributed by atoms with Crippen molar-refractivity contribution in [1.29, 1.82) is 0 Å². The summed E-state index contributed by atoms with van der Waals surface area (Å²) in [6.07, 6.45) is 5.22. The Hall–Kier alpha value is -0.680. The molecule has 1 aromatic rings. The second-order valence-corrected chi connectivity index (χ2v) is 5.48. The number of ether oxygens (including phenoxy) is 1. The van der Waals surface area contributed by atoms with Crippen LogP contribution in [0.4, 0.5) is 10.2 Å². The van der Waals surface area contributed by atoms with Crippen molar-refractivity contribution in [3.8, 4) is 0 Å². The summed E-state index contributed by atoms with van der Waals surface area (Å²) in [5.74, 6) is 0.209. The lowest BCUT2D eigenvalue weighted by Gasteiger charge is -2.38. The molecule has 5 heteroatoms. The molecule has 0 N–H and O–H groups in total. The van der Waals surface area contributed by atoms with Crippen molar-refractivity contribution < 1.29 is 9.13 Å². The zero-order valence-electron chi connectivity index (χ0n) is 9.40. The van der Waals surface area contributed by atoms with Crippen molar-refractivity contribution >= 4 is 21.7 Å². The van der Waals surface area contributed by atoms with E-state index in [0.717, 1.165) is 25.8 Å². The molecule has 2 unspecified atom stereocenters. The van der Waals surface area contributed by atoms with Crippen LogP contribution in [0.3, 0.4) is 0 Å². The SMILES string of the molecule is Fc1cc(Br)cnc1N1CCOC2CCCC21. The average molecular weight is 301 g/mol. The molecule has 2 heterocycles. The Bertz CT molecular complexity index is 429. The fraction of sp³-hybridized carbons (Fsp3) is 0.583. The van der Waals surface area contributed by atoms with Gasteiger partial charge in [-0.1, -0.05) is 0 Å². The van der Waals surface area contributed by atoms with E-state index in [0.29, 0.717) is 22.9 Å². The Labute approximate surface area is 108 Å². The van der Waals surface area contributed by atoms with Gasteiger partial charge in [0.2, 0.25) is 0 Å². The molecule has 1 saturated heterocycles. The summed E-state index contributed by atoms with van der Waals surface area (Å²) in [6, 6.07) is 1.77. The predicted molar refractivity (Wildman–Crippen MR) is 66.6 cm³/mol. The maximum Gasteiger partial charge on any atom is 0.166 e. The highest BCUT2D eigenvalue weighted by Gasteiger charge is 2.37. The van der Waals surface area contributed by atoms with Gasteiger partial charge in [0.25, 0.3) is 0 Å². The van der Waals surface area contributed by atoms with Gasteiger partial charge in [0.1, 0.15) is 0 Å². The summed E-state index contributed by atoms with van der Waals surface area (Å²) >= 11 is 3.23. The van der Waals surface area contributed by atoms with Crippen LogP contribution >= 0.6 is 15.9 Å². The molecule has 2 atom stereocenters. The molecule has 92 valence electrons. The molecule has 1 aliphatic heterocycles. The Morgan fingerprint density at radius 2 is 2.35 bits per heavy atom. The molecule has 2 aliphatic rings. The Morgan fingerprint density at radius 3 is 3.18 bits per heavy atom. The molecular weight excluding hydrogens is 287 g/mol. The Kier molecular flexibility index (Phi) is 3.04. The lowest BCUT2D eigenvalue weighted by Crippen LogP contribution is -2.49. The number of pyridine rings is 1. The molecule has 1 aliphatic carbocycles. The van der Waals surface area contributed by atoms with Crippen LogP contribution in [0.2, 0.25) is 0 Å². The smallest absolute Gasteiger partial charge is 0.166 e. The molecule has 17 heavy (non-hydrogen) atoms. The molecule has 2 fully saturated rings. The van der Waals surface area contributed by atoms with E-state index in [4.69, 9.17) is 4.74 Å². The van der Waals surface area contributed by atoms with Gasteiger partial charge in [-0.25, -0.2) is 9.37 Å². The van der Waals surface area contributed by atoms with E-state index in [1.807, 2.05) is 0 Å². The standard InChI is InChI=1S/C12H14BrFN2O/c13-8-6-9(14)12(15-7-8)16-4-5-17-11-3-1-2-10(11)16/h6-7,10-11H,1-5H2. The molecule has 3 rings (SSSR count). The molecule has 0 bridgehead atoms. The highest BCUT2D eigenvalue weighted by Crippen LogP contribution is 2.33. The zero-order chi connectivity index (χ0) is 11.8. The number of rotatable bonds is 1. The van der Waals surface area contributed by atoms with Gasteiger partial charge in [0, 0.05) is 17.2 Å². The number of anilines is 1. The van der Waals surface area contributed by atoms with Crippen molar-refractivity contribution in [2.75, 3.05) is 18.1 Å². The second-order valence-electron chi connectivity index (χ2n) is 4.56. The number of hydrogen-bond donors (Lipinski definition) is 0. The lowest BCUT2D eigenvalue weighted by atomic mass is 10.1. The van der Waals surface area contributed by atoms with E-state index in [1.165, 1.54) is 6.07 Å².